The van der Waals surface area contributed by atoms with Crippen molar-refractivity contribution in [1.29, 1.82) is 0 Å². The molecule has 6 heteroatoms. The van der Waals surface area contributed by atoms with Gasteiger partial charge in [0.1, 0.15) is 0 Å². The van der Waals surface area contributed by atoms with Crippen LogP contribution in [0.5, 0.6) is 0 Å². The molecule has 0 radical (unpaired) electrons. The van der Waals surface area contributed by atoms with Crippen LogP contribution in [-0.2, 0) is 4.79 Å². The normalized spacial score (nSPS) is 16.1. The maximum absolute atomic E-state index is 11.9. The summed E-state index contributed by atoms with van der Waals surface area (Å²) < 4.78 is 0.787. The van der Waals surface area contributed by atoms with Crippen LogP contribution >= 0.6 is 34.2 Å². The summed E-state index contributed by atoms with van der Waals surface area (Å²) in [5, 5.41) is 12.2. The van der Waals surface area contributed by atoms with Crippen molar-refractivity contribution >= 4 is 46.1 Å². The molecule has 0 aromatic heterocycles. The number of hydrogen-bond donors (Lipinski definition) is 2. The highest BCUT2D eigenvalue weighted by Gasteiger charge is 2.50. The lowest BCUT2D eigenvalue weighted by Crippen LogP contribution is -2.34. The molecule has 1 aromatic carbocycles. The number of carbonyl (C=O) groups is 2. The fourth-order valence-electron chi connectivity index (χ4n) is 1.63. The molecule has 0 unspecified atom stereocenters. The monoisotopic (exact) mass is 379 g/mol. The maximum atomic E-state index is 11.9. The average molecular weight is 380 g/mol. The van der Waals surface area contributed by atoms with Gasteiger partial charge in [0.05, 0.1) is 11.0 Å². The molecule has 0 heterocycles. The van der Waals surface area contributed by atoms with Gasteiger partial charge in [-0.05, 0) is 53.6 Å². The number of nitrogens with one attached hydrogen (secondary N) is 1. The van der Waals surface area contributed by atoms with Crippen LogP contribution in [0.15, 0.2) is 18.2 Å². The van der Waals surface area contributed by atoms with Gasteiger partial charge in [-0.1, -0.05) is 11.6 Å². The highest BCUT2D eigenvalue weighted by Crippen LogP contribution is 2.45. The first-order chi connectivity index (χ1) is 8.44. The number of amides is 1. The van der Waals surface area contributed by atoms with E-state index >= 15 is 0 Å². The zero-order valence-electron chi connectivity index (χ0n) is 9.37. The summed E-state index contributed by atoms with van der Waals surface area (Å²) in [6.07, 6.45) is 1.24. The molecule has 1 aliphatic rings. The molecule has 18 heavy (non-hydrogen) atoms. The molecular formula is C12H11ClINO3. The third kappa shape index (κ3) is 2.77. The Kier molecular flexibility index (Phi) is 3.82. The van der Waals surface area contributed by atoms with Crippen LogP contribution in [0, 0.1) is 8.99 Å². The minimum Gasteiger partial charge on any atom is -0.481 e. The summed E-state index contributed by atoms with van der Waals surface area (Å²) in [5.74, 6) is -1.13. The molecule has 1 fully saturated rings. The predicted octanol–water partition coefficient (Wildman–Crippen LogP) is 2.54. The Morgan fingerprint density at radius 2 is 2.11 bits per heavy atom. The third-order valence-electron chi connectivity index (χ3n) is 3.07. The average Bonchev–Trinajstić information content (AvgIpc) is 3.10. The summed E-state index contributed by atoms with van der Waals surface area (Å²) in [6.45, 7) is 0.170. The van der Waals surface area contributed by atoms with E-state index in [0.717, 1.165) is 3.57 Å². The number of aliphatic carboxylic acids is 1. The van der Waals surface area contributed by atoms with E-state index < -0.39 is 11.4 Å². The van der Waals surface area contributed by atoms with Crippen LogP contribution in [0.2, 0.25) is 5.02 Å². The molecular weight excluding hydrogens is 368 g/mol. The van der Waals surface area contributed by atoms with Crippen molar-refractivity contribution < 1.29 is 14.7 Å². The van der Waals surface area contributed by atoms with Gasteiger partial charge in [0.15, 0.2) is 0 Å². The molecule has 0 atom stereocenters. The van der Waals surface area contributed by atoms with Crippen LogP contribution in [-0.4, -0.2) is 23.5 Å². The van der Waals surface area contributed by atoms with Gasteiger partial charge in [-0.25, -0.2) is 0 Å². The van der Waals surface area contributed by atoms with E-state index in [4.69, 9.17) is 16.7 Å². The van der Waals surface area contributed by atoms with Crippen molar-refractivity contribution in [2.45, 2.75) is 12.8 Å². The quantitative estimate of drug-likeness (QED) is 0.790. The SMILES string of the molecule is O=C(NCC1(C(=O)O)CC1)c1cc(Cl)ccc1I. The Morgan fingerprint density at radius 1 is 1.44 bits per heavy atom. The van der Waals surface area contributed by atoms with E-state index in [-0.39, 0.29) is 12.5 Å². The van der Waals surface area contributed by atoms with Gasteiger partial charge in [0.2, 0.25) is 0 Å². The van der Waals surface area contributed by atoms with E-state index in [0.29, 0.717) is 23.4 Å². The minimum atomic E-state index is -0.844. The van der Waals surface area contributed by atoms with E-state index in [2.05, 4.69) is 5.32 Å². The van der Waals surface area contributed by atoms with Gasteiger partial charge in [-0.3, -0.25) is 9.59 Å². The van der Waals surface area contributed by atoms with Crippen LogP contribution in [0.3, 0.4) is 0 Å². The smallest absolute Gasteiger partial charge is 0.311 e. The van der Waals surface area contributed by atoms with Crippen LogP contribution in [0.25, 0.3) is 0 Å². The Hall–Kier alpha value is -0.820. The van der Waals surface area contributed by atoms with E-state index in [1.807, 2.05) is 22.6 Å². The number of halogens is 2. The first kappa shape index (κ1) is 13.6. The predicted molar refractivity (Wildman–Crippen MR) is 75.8 cm³/mol. The van der Waals surface area contributed by atoms with Crippen molar-refractivity contribution in [3.63, 3.8) is 0 Å². The lowest BCUT2D eigenvalue weighted by molar-refractivity contribution is -0.143. The third-order valence-corrected chi connectivity index (χ3v) is 4.24. The summed E-state index contributed by atoms with van der Waals surface area (Å²) in [4.78, 5) is 22.9. The number of rotatable bonds is 4. The molecule has 1 aromatic rings. The van der Waals surface area contributed by atoms with Gasteiger partial charge < -0.3 is 10.4 Å². The molecule has 1 saturated carbocycles. The van der Waals surface area contributed by atoms with E-state index in [9.17, 15) is 9.59 Å². The number of hydrogen-bond acceptors (Lipinski definition) is 2. The van der Waals surface area contributed by atoms with Gasteiger partial charge in [-0.15, -0.1) is 0 Å². The molecule has 1 amide bonds. The Morgan fingerprint density at radius 3 is 2.67 bits per heavy atom. The van der Waals surface area contributed by atoms with Crippen LogP contribution in [0.4, 0.5) is 0 Å². The fraction of sp³-hybridized carbons (Fsp3) is 0.333. The van der Waals surface area contributed by atoms with Gasteiger partial charge in [0, 0.05) is 15.1 Å². The lowest BCUT2D eigenvalue weighted by atomic mass is 10.1. The Balaban J connectivity index is 2.04. The first-order valence-electron chi connectivity index (χ1n) is 5.41. The molecule has 0 bridgehead atoms. The van der Waals surface area contributed by atoms with Crippen molar-refractivity contribution in [2.24, 2.45) is 5.41 Å². The van der Waals surface area contributed by atoms with Crippen LogP contribution < -0.4 is 5.32 Å². The highest BCUT2D eigenvalue weighted by molar-refractivity contribution is 14.1. The van der Waals surface area contributed by atoms with Crippen molar-refractivity contribution in [3.8, 4) is 0 Å². The fourth-order valence-corrected chi connectivity index (χ4v) is 2.39. The molecule has 0 saturated heterocycles. The zero-order valence-corrected chi connectivity index (χ0v) is 12.3. The summed E-state index contributed by atoms with van der Waals surface area (Å²) in [7, 11) is 0. The maximum Gasteiger partial charge on any atom is 0.311 e. The largest absolute Gasteiger partial charge is 0.481 e. The molecule has 2 rings (SSSR count). The molecule has 0 spiro atoms. The van der Waals surface area contributed by atoms with Crippen molar-refractivity contribution in [3.05, 3.63) is 32.4 Å². The second kappa shape index (κ2) is 5.05. The minimum absolute atomic E-state index is 0.170. The molecule has 2 N–H and O–H groups in total. The highest BCUT2D eigenvalue weighted by atomic mass is 127. The van der Waals surface area contributed by atoms with Gasteiger partial charge >= 0.3 is 5.97 Å². The number of carbonyl (C=O) groups excluding carboxylic acids is 1. The number of carboxylic acid groups (broad SMARTS) is 1. The van der Waals surface area contributed by atoms with E-state index in [1.54, 1.807) is 18.2 Å². The first-order valence-corrected chi connectivity index (χ1v) is 6.87. The number of benzene rings is 1. The molecule has 96 valence electrons. The summed E-state index contributed by atoms with van der Waals surface area (Å²) in [5.41, 5.74) is -0.274. The molecule has 1 aliphatic carbocycles. The van der Waals surface area contributed by atoms with Crippen molar-refractivity contribution in [2.75, 3.05) is 6.54 Å². The topological polar surface area (TPSA) is 66.4 Å². The zero-order chi connectivity index (χ0) is 13.3. The second-order valence-corrected chi connectivity index (χ2v) is 5.99. The molecule has 4 nitrogen and oxygen atoms in total. The van der Waals surface area contributed by atoms with E-state index in [1.165, 1.54) is 0 Å². The van der Waals surface area contributed by atoms with Crippen molar-refractivity contribution in [1.82, 2.24) is 5.32 Å². The van der Waals surface area contributed by atoms with Crippen LogP contribution in [0.1, 0.15) is 23.2 Å². The molecule has 0 aliphatic heterocycles. The van der Waals surface area contributed by atoms with Gasteiger partial charge in [-0.2, -0.15) is 0 Å². The Labute approximate surface area is 123 Å². The number of carboxylic acids is 1. The second-order valence-electron chi connectivity index (χ2n) is 4.39. The summed E-state index contributed by atoms with van der Waals surface area (Å²) in [6, 6.07) is 5.04. The Bertz CT molecular complexity index is 514. The standard InChI is InChI=1S/C12H11ClINO3/c13-7-1-2-9(14)8(5-7)10(16)15-6-12(3-4-12)11(17)18/h1-2,5H,3-4,6H2,(H,15,16)(H,17,18). The van der Waals surface area contributed by atoms with Gasteiger partial charge in [0.25, 0.3) is 5.91 Å². The lowest BCUT2D eigenvalue weighted by Gasteiger charge is -2.12. The summed E-state index contributed by atoms with van der Waals surface area (Å²) >= 11 is 7.88.